The fourth-order valence-electron chi connectivity index (χ4n) is 1.36. The van der Waals surface area contributed by atoms with Crippen LogP contribution in [0, 0.1) is 23.1 Å². The first kappa shape index (κ1) is 11.0. The zero-order valence-corrected chi connectivity index (χ0v) is 8.24. The lowest BCUT2D eigenvalue weighted by Gasteiger charge is -2.11. The zero-order chi connectivity index (χ0) is 11.8. The fourth-order valence-corrected chi connectivity index (χ4v) is 1.36. The van der Waals surface area contributed by atoms with Crippen LogP contribution in [0.25, 0.3) is 0 Å². The minimum Gasteiger partial charge on any atom is -0.207 e. The summed E-state index contributed by atoms with van der Waals surface area (Å²) in [5, 5.41) is 0. The molecular weight excluding hydrogens is 220 g/mol. The second-order valence-corrected chi connectivity index (χ2v) is 3.84. The van der Waals surface area contributed by atoms with E-state index in [1.807, 2.05) is 0 Å². The molecule has 84 valence electrons. The topological polar surface area (TPSA) is 0 Å². The van der Waals surface area contributed by atoms with Gasteiger partial charge in [0.2, 0.25) is 0 Å². The normalized spacial score (nSPS) is 17.5. The maximum atomic E-state index is 12.7. The molecule has 0 bridgehead atoms. The Morgan fingerprint density at radius 1 is 1.19 bits per heavy atom. The van der Waals surface area contributed by atoms with Crippen LogP contribution in [0.5, 0.6) is 0 Å². The summed E-state index contributed by atoms with van der Waals surface area (Å²) >= 11 is 0. The Morgan fingerprint density at radius 3 is 2.38 bits per heavy atom. The van der Waals surface area contributed by atoms with Crippen molar-refractivity contribution < 1.29 is 17.6 Å². The standard InChI is InChI=1S/C12H8F4/c13-10-3-1-2-9(8-10)4-5-11(6-7-11)12(14,15)16/h1-3,8H,6-7H2. The van der Waals surface area contributed by atoms with Crippen molar-refractivity contribution in [3.05, 3.63) is 35.6 Å². The van der Waals surface area contributed by atoms with Crippen molar-refractivity contribution in [3.63, 3.8) is 0 Å². The SMILES string of the molecule is Fc1cccc(C#CC2(C(F)(F)F)CC2)c1. The van der Waals surface area contributed by atoms with Gasteiger partial charge in [0.05, 0.1) is 0 Å². The average Bonchev–Trinajstić information content (AvgIpc) is 2.94. The first-order chi connectivity index (χ1) is 7.43. The smallest absolute Gasteiger partial charge is 0.207 e. The van der Waals surface area contributed by atoms with Crippen LogP contribution in [0.4, 0.5) is 17.6 Å². The van der Waals surface area contributed by atoms with E-state index in [0.29, 0.717) is 0 Å². The van der Waals surface area contributed by atoms with E-state index in [2.05, 4.69) is 11.8 Å². The van der Waals surface area contributed by atoms with Gasteiger partial charge in [-0.25, -0.2) is 4.39 Å². The Hall–Kier alpha value is -1.50. The van der Waals surface area contributed by atoms with Crippen molar-refractivity contribution in [2.45, 2.75) is 19.0 Å². The summed E-state index contributed by atoms with van der Waals surface area (Å²) in [6, 6.07) is 5.26. The molecule has 1 saturated carbocycles. The van der Waals surface area contributed by atoms with E-state index in [1.165, 1.54) is 18.2 Å². The largest absolute Gasteiger partial charge is 0.405 e. The van der Waals surface area contributed by atoms with Gasteiger partial charge >= 0.3 is 6.18 Å². The van der Waals surface area contributed by atoms with Crippen molar-refractivity contribution in [1.29, 1.82) is 0 Å². The van der Waals surface area contributed by atoms with Gasteiger partial charge in [0.25, 0.3) is 0 Å². The van der Waals surface area contributed by atoms with Gasteiger partial charge in [-0.15, -0.1) is 0 Å². The van der Waals surface area contributed by atoms with Gasteiger partial charge in [-0.3, -0.25) is 0 Å². The highest BCUT2D eigenvalue weighted by molar-refractivity contribution is 5.38. The van der Waals surface area contributed by atoms with Crippen LogP contribution in [0.15, 0.2) is 24.3 Å². The number of alkyl halides is 3. The van der Waals surface area contributed by atoms with Gasteiger partial charge in [-0.05, 0) is 31.0 Å². The maximum absolute atomic E-state index is 12.7. The maximum Gasteiger partial charge on any atom is 0.405 e. The summed E-state index contributed by atoms with van der Waals surface area (Å²) in [7, 11) is 0. The second-order valence-electron chi connectivity index (χ2n) is 3.84. The van der Waals surface area contributed by atoms with Crippen LogP contribution in [0.2, 0.25) is 0 Å². The number of rotatable bonds is 0. The minimum atomic E-state index is -4.28. The quantitative estimate of drug-likeness (QED) is 0.470. The third kappa shape index (κ3) is 2.04. The van der Waals surface area contributed by atoms with E-state index in [-0.39, 0.29) is 18.4 Å². The van der Waals surface area contributed by atoms with Crippen molar-refractivity contribution in [3.8, 4) is 11.8 Å². The van der Waals surface area contributed by atoms with E-state index < -0.39 is 17.4 Å². The zero-order valence-electron chi connectivity index (χ0n) is 8.24. The molecule has 1 aromatic rings. The summed E-state index contributed by atoms with van der Waals surface area (Å²) in [6.07, 6.45) is -4.20. The predicted octanol–water partition coefficient (Wildman–Crippen LogP) is 3.52. The summed E-state index contributed by atoms with van der Waals surface area (Å²) in [6.45, 7) is 0. The molecule has 1 fully saturated rings. The molecule has 4 heteroatoms. The molecule has 0 unspecified atom stereocenters. The molecule has 2 rings (SSSR count). The Labute approximate surface area is 90.3 Å². The third-order valence-electron chi connectivity index (χ3n) is 2.56. The lowest BCUT2D eigenvalue weighted by Crippen LogP contribution is -2.22. The van der Waals surface area contributed by atoms with Gasteiger partial charge in [0.15, 0.2) is 0 Å². The number of benzene rings is 1. The van der Waals surface area contributed by atoms with Crippen molar-refractivity contribution in [2.24, 2.45) is 5.41 Å². The highest BCUT2D eigenvalue weighted by Gasteiger charge is 2.62. The molecular formula is C12H8F4. The Balaban J connectivity index is 2.23. The van der Waals surface area contributed by atoms with Crippen molar-refractivity contribution >= 4 is 0 Å². The molecule has 0 atom stereocenters. The van der Waals surface area contributed by atoms with Gasteiger partial charge in [-0.2, -0.15) is 13.2 Å². The van der Waals surface area contributed by atoms with Crippen molar-refractivity contribution in [1.82, 2.24) is 0 Å². The molecule has 0 saturated heterocycles. The van der Waals surface area contributed by atoms with Gasteiger partial charge < -0.3 is 0 Å². The summed E-state index contributed by atoms with van der Waals surface area (Å²) < 4.78 is 50.3. The highest BCUT2D eigenvalue weighted by Crippen LogP contribution is 2.57. The van der Waals surface area contributed by atoms with Crippen LogP contribution in [-0.4, -0.2) is 6.18 Å². The third-order valence-corrected chi connectivity index (χ3v) is 2.56. The summed E-state index contributed by atoms with van der Waals surface area (Å²) in [5.41, 5.74) is -1.57. The molecule has 0 heterocycles. The molecule has 1 aliphatic rings. The van der Waals surface area contributed by atoms with Crippen LogP contribution < -0.4 is 0 Å². The molecule has 0 N–H and O–H groups in total. The van der Waals surface area contributed by atoms with Crippen LogP contribution in [-0.2, 0) is 0 Å². The lowest BCUT2D eigenvalue weighted by atomic mass is 10.1. The lowest BCUT2D eigenvalue weighted by molar-refractivity contribution is -0.168. The van der Waals surface area contributed by atoms with Gasteiger partial charge in [0.1, 0.15) is 11.2 Å². The Morgan fingerprint density at radius 2 is 1.88 bits per heavy atom. The molecule has 16 heavy (non-hydrogen) atoms. The van der Waals surface area contributed by atoms with Crippen LogP contribution >= 0.6 is 0 Å². The van der Waals surface area contributed by atoms with E-state index in [0.717, 1.165) is 6.07 Å². The average molecular weight is 228 g/mol. The molecule has 0 aromatic heterocycles. The van der Waals surface area contributed by atoms with Crippen LogP contribution in [0.1, 0.15) is 18.4 Å². The van der Waals surface area contributed by atoms with E-state index in [1.54, 1.807) is 0 Å². The summed E-state index contributed by atoms with van der Waals surface area (Å²) in [5.74, 6) is 4.10. The van der Waals surface area contributed by atoms with Gasteiger partial charge in [-0.1, -0.05) is 17.9 Å². The monoisotopic (exact) mass is 228 g/mol. The number of halogens is 4. The minimum absolute atomic E-state index is 0.0405. The Kier molecular flexibility index (Phi) is 2.42. The second kappa shape index (κ2) is 3.51. The molecule has 0 spiro atoms. The fraction of sp³-hybridized carbons (Fsp3) is 0.333. The molecule has 0 aliphatic heterocycles. The number of hydrogen-bond acceptors (Lipinski definition) is 0. The Bertz CT molecular complexity index is 458. The molecule has 0 amide bonds. The van der Waals surface area contributed by atoms with Crippen LogP contribution in [0.3, 0.4) is 0 Å². The molecule has 0 nitrogen and oxygen atoms in total. The van der Waals surface area contributed by atoms with Gasteiger partial charge in [0, 0.05) is 5.56 Å². The predicted molar refractivity (Wildman–Crippen MR) is 51.0 cm³/mol. The van der Waals surface area contributed by atoms with E-state index in [4.69, 9.17) is 0 Å². The first-order valence-corrected chi connectivity index (χ1v) is 4.78. The summed E-state index contributed by atoms with van der Waals surface area (Å²) in [4.78, 5) is 0. The molecule has 0 radical (unpaired) electrons. The first-order valence-electron chi connectivity index (χ1n) is 4.78. The molecule has 1 aromatic carbocycles. The van der Waals surface area contributed by atoms with E-state index >= 15 is 0 Å². The van der Waals surface area contributed by atoms with E-state index in [9.17, 15) is 17.6 Å². The molecule has 1 aliphatic carbocycles. The highest BCUT2D eigenvalue weighted by atomic mass is 19.4. The van der Waals surface area contributed by atoms with Crippen molar-refractivity contribution in [2.75, 3.05) is 0 Å². The number of hydrogen-bond donors (Lipinski definition) is 0.